The quantitative estimate of drug-likeness (QED) is 0.281. The van der Waals surface area contributed by atoms with Crippen molar-refractivity contribution in [3.63, 3.8) is 0 Å². The Hall–Kier alpha value is -1.79. The van der Waals surface area contributed by atoms with Crippen LogP contribution in [0.2, 0.25) is 5.02 Å². The Balaban J connectivity index is 2.08. The van der Waals surface area contributed by atoms with Gasteiger partial charge in [0.1, 0.15) is 18.2 Å². The van der Waals surface area contributed by atoms with Crippen LogP contribution in [0.1, 0.15) is 11.1 Å². The van der Waals surface area contributed by atoms with E-state index >= 15 is 0 Å². The van der Waals surface area contributed by atoms with E-state index in [2.05, 4.69) is 21.1 Å². The molecule has 2 aromatic rings. The van der Waals surface area contributed by atoms with Gasteiger partial charge in [0.2, 0.25) is 0 Å². The highest BCUT2D eigenvalue weighted by Gasteiger charge is 2.08. The Morgan fingerprint density at radius 3 is 2.62 bits per heavy atom. The molecule has 3 N–H and O–H groups in total. The highest BCUT2D eigenvalue weighted by Crippen LogP contribution is 2.31. The first-order valence-electron chi connectivity index (χ1n) is 5.85. The summed E-state index contributed by atoms with van der Waals surface area (Å²) in [7, 11) is 0. The molecule has 0 atom stereocenters. The van der Waals surface area contributed by atoms with E-state index in [1.54, 1.807) is 24.3 Å². The number of benzene rings is 2. The summed E-state index contributed by atoms with van der Waals surface area (Å²) in [4.78, 5) is 0. The van der Waals surface area contributed by atoms with E-state index in [1.165, 1.54) is 12.1 Å². The second-order valence-electron chi connectivity index (χ2n) is 4.17. The summed E-state index contributed by atoms with van der Waals surface area (Å²) >= 11 is 8.92. The van der Waals surface area contributed by atoms with Crippen molar-refractivity contribution in [2.45, 2.75) is 6.61 Å². The number of hydrogen-bond donors (Lipinski definition) is 2. The predicted molar refractivity (Wildman–Crippen MR) is 82.4 cm³/mol. The Labute approximate surface area is 134 Å². The molecule has 0 amide bonds. The van der Waals surface area contributed by atoms with Gasteiger partial charge >= 0.3 is 0 Å². The van der Waals surface area contributed by atoms with Crippen molar-refractivity contribution in [1.82, 2.24) is 0 Å². The molecule has 110 valence electrons. The fourth-order valence-corrected chi connectivity index (χ4v) is 2.36. The van der Waals surface area contributed by atoms with Gasteiger partial charge in [-0.25, -0.2) is 4.39 Å². The molecule has 0 aliphatic carbocycles. The summed E-state index contributed by atoms with van der Waals surface area (Å²) in [6.45, 7) is 0.246. The number of ether oxygens (including phenoxy) is 1. The molecule has 0 saturated heterocycles. The maximum absolute atomic E-state index is 13.4. The SMILES string of the molecule is N/C(=N/O)c1ccc(COc2cc(F)c(Cl)cc2Br)cc1. The molecule has 2 rings (SSSR count). The van der Waals surface area contributed by atoms with Crippen LogP contribution >= 0.6 is 27.5 Å². The third kappa shape index (κ3) is 3.86. The van der Waals surface area contributed by atoms with E-state index in [0.29, 0.717) is 15.8 Å². The van der Waals surface area contributed by atoms with Crippen LogP contribution in [0.5, 0.6) is 5.75 Å². The van der Waals surface area contributed by atoms with Gasteiger partial charge < -0.3 is 15.7 Å². The predicted octanol–water partition coefficient (Wildman–Crippen LogP) is 3.92. The number of nitrogens with two attached hydrogens (primary N) is 1. The summed E-state index contributed by atoms with van der Waals surface area (Å²) in [6.07, 6.45) is 0. The first kappa shape index (κ1) is 15.6. The third-order valence-corrected chi connectivity index (χ3v) is 3.64. The van der Waals surface area contributed by atoms with Gasteiger partial charge in [0.25, 0.3) is 0 Å². The van der Waals surface area contributed by atoms with Crippen LogP contribution in [0.15, 0.2) is 46.0 Å². The van der Waals surface area contributed by atoms with Crippen molar-refractivity contribution >= 4 is 33.4 Å². The molecule has 0 aliphatic heterocycles. The van der Waals surface area contributed by atoms with E-state index in [4.69, 9.17) is 27.3 Å². The molecule has 0 aliphatic rings. The molecule has 0 fully saturated rings. The lowest BCUT2D eigenvalue weighted by molar-refractivity contribution is 0.302. The van der Waals surface area contributed by atoms with Crippen LogP contribution in [0, 0.1) is 5.82 Å². The first-order chi connectivity index (χ1) is 10.0. The second-order valence-corrected chi connectivity index (χ2v) is 5.43. The molecule has 7 heteroatoms. The summed E-state index contributed by atoms with van der Waals surface area (Å²) < 4.78 is 19.5. The number of nitrogens with zero attached hydrogens (tertiary/aromatic N) is 1. The minimum atomic E-state index is -0.544. The Morgan fingerprint density at radius 1 is 1.33 bits per heavy atom. The Kier molecular flexibility index (Phi) is 5.03. The highest BCUT2D eigenvalue weighted by atomic mass is 79.9. The minimum Gasteiger partial charge on any atom is -0.488 e. The van der Waals surface area contributed by atoms with Gasteiger partial charge in [0.15, 0.2) is 5.84 Å². The lowest BCUT2D eigenvalue weighted by atomic mass is 10.1. The van der Waals surface area contributed by atoms with Gasteiger partial charge in [-0.15, -0.1) is 0 Å². The van der Waals surface area contributed by atoms with E-state index in [1.807, 2.05) is 0 Å². The van der Waals surface area contributed by atoms with E-state index in [-0.39, 0.29) is 17.5 Å². The summed E-state index contributed by atoms with van der Waals surface area (Å²) in [5.74, 6) is -0.153. The highest BCUT2D eigenvalue weighted by molar-refractivity contribution is 9.10. The topological polar surface area (TPSA) is 67.8 Å². The molecular weight excluding hydrogens is 363 g/mol. The first-order valence-corrected chi connectivity index (χ1v) is 7.02. The summed E-state index contributed by atoms with van der Waals surface area (Å²) in [5, 5.41) is 11.5. The van der Waals surface area contributed by atoms with Gasteiger partial charge in [-0.05, 0) is 27.6 Å². The smallest absolute Gasteiger partial charge is 0.170 e. The van der Waals surface area contributed by atoms with Crippen LogP contribution in [-0.4, -0.2) is 11.0 Å². The molecule has 0 unspecified atom stereocenters. The van der Waals surface area contributed by atoms with Crippen LogP contribution < -0.4 is 10.5 Å². The van der Waals surface area contributed by atoms with E-state index in [9.17, 15) is 4.39 Å². The maximum Gasteiger partial charge on any atom is 0.170 e. The molecule has 0 bridgehead atoms. The van der Waals surface area contributed by atoms with Crippen molar-refractivity contribution < 1.29 is 14.3 Å². The van der Waals surface area contributed by atoms with Crippen LogP contribution in [-0.2, 0) is 6.61 Å². The molecule has 21 heavy (non-hydrogen) atoms. The van der Waals surface area contributed by atoms with E-state index in [0.717, 1.165) is 5.56 Å². The summed E-state index contributed by atoms with van der Waals surface area (Å²) in [5.41, 5.74) is 6.92. The van der Waals surface area contributed by atoms with E-state index < -0.39 is 5.82 Å². The molecule has 0 radical (unpaired) electrons. The Morgan fingerprint density at radius 2 is 2.00 bits per heavy atom. The van der Waals surface area contributed by atoms with Crippen molar-refractivity contribution in [2.75, 3.05) is 0 Å². The molecule has 0 spiro atoms. The molecule has 2 aromatic carbocycles. The minimum absolute atomic E-state index is 0.0253. The van der Waals surface area contributed by atoms with Gasteiger partial charge in [-0.2, -0.15) is 0 Å². The number of hydrogen-bond acceptors (Lipinski definition) is 3. The lowest BCUT2D eigenvalue weighted by Crippen LogP contribution is -2.12. The van der Waals surface area contributed by atoms with Crippen LogP contribution in [0.25, 0.3) is 0 Å². The monoisotopic (exact) mass is 372 g/mol. The molecule has 0 saturated carbocycles. The molecule has 4 nitrogen and oxygen atoms in total. The second kappa shape index (κ2) is 6.78. The number of oxime groups is 1. The standard InChI is InChI=1S/C14H11BrClFN2O2/c15-10-5-11(16)12(17)6-13(10)21-7-8-1-3-9(4-2-8)14(18)19-20/h1-6,20H,7H2,(H2,18,19). The molecule has 0 heterocycles. The van der Waals surface area contributed by atoms with Gasteiger partial charge in [-0.3, -0.25) is 0 Å². The third-order valence-electron chi connectivity index (χ3n) is 2.73. The maximum atomic E-state index is 13.4. The van der Waals surface area contributed by atoms with Crippen molar-refractivity contribution in [2.24, 2.45) is 10.9 Å². The average molecular weight is 374 g/mol. The summed E-state index contributed by atoms with van der Waals surface area (Å²) in [6, 6.07) is 9.60. The van der Waals surface area contributed by atoms with Crippen molar-refractivity contribution in [3.8, 4) is 5.75 Å². The van der Waals surface area contributed by atoms with Crippen LogP contribution in [0.4, 0.5) is 4.39 Å². The van der Waals surface area contributed by atoms with Gasteiger partial charge in [0, 0.05) is 11.6 Å². The zero-order valence-electron chi connectivity index (χ0n) is 10.7. The largest absolute Gasteiger partial charge is 0.488 e. The zero-order chi connectivity index (χ0) is 15.4. The number of halogens is 3. The van der Waals surface area contributed by atoms with Gasteiger partial charge in [-0.1, -0.05) is 41.0 Å². The van der Waals surface area contributed by atoms with Gasteiger partial charge in [0.05, 0.1) is 9.50 Å². The number of rotatable bonds is 4. The van der Waals surface area contributed by atoms with Crippen LogP contribution in [0.3, 0.4) is 0 Å². The normalized spacial score (nSPS) is 11.5. The number of amidine groups is 1. The van der Waals surface area contributed by atoms with Crippen molar-refractivity contribution in [3.05, 3.63) is 62.8 Å². The molecule has 0 aromatic heterocycles. The van der Waals surface area contributed by atoms with Crippen molar-refractivity contribution in [1.29, 1.82) is 0 Å². The fraction of sp³-hybridized carbons (Fsp3) is 0.0714. The fourth-order valence-electron chi connectivity index (χ4n) is 1.61. The Bertz CT molecular complexity index is 677. The average Bonchev–Trinajstić information content (AvgIpc) is 2.49. The zero-order valence-corrected chi connectivity index (χ0v) is 13.0. The lowest BCUT2D eigenvalue weighted by Gasteiger charge is -2.09. The molecular formula is C14H11BrClFN2O2.